The van der Waals surface area contributed by atoms with Crippen LogP contribution >= 0.6 is 0 Å². The van der Waals surface area contributed by atoms with Crippen molar-refractivity contribution in [3.63, 3.8) is 0 Å². The Hall–Kier alpha value is -2.33. The maximum atomic E-state index is 12.5. The molecule has 1 aliphatic rings. The lowest BCUT2D eigenvalue weighted by atomic mass is 9.66. The predicted octanol–water partition coefficient (Wildman–Crippen LogP) is 5.13. The lowest BCUT2D eigenvalue weighted by Gasteiger charge is -2.46. The van der Waals surface area contributed by atoms with Gasteiger partial charge in [0.25, 0.3) is 0 Å². The third-order valence-electron chi connectivity index (χ3n) is 6.23. The quantitative estimate of drug-likeness (QED) is 0.637. The molecule has 0 N–H and O–H groups in total. The molecule has 1 heterocycles. The lowest BCUT2D eigenvalue weighted by molar-refractivity contribution is -0.130. The zero-order valence-electron chi connectivity index (χ0n) is 19.0. The summed E-state index contributed by atoms with van der Waals surface area (Å²) in [5.41, 5.74) is 3.52. The molecule has 1 saturated heterocycles. The van der Waals surface area contributed by atoms with Gasteiger partial charge in [-0.3, -0.25) is 4.79 Å². The van der Waals surface area contributed by atoms with Gasteiger partial charge in [-0.05, 0) is 47.9 Å². The zero-order valence-corrected chi connectivity index (χ0v) is 19.0. The van der Waals surface area contributed by atoms with Crippen LogP contribution in [0.2, 0.25) is 0 Å². The topological polar surface area (TPSA) is 38.8 Å². The maximum absolute atomic E-state index is 12.5. The normalized spacial score (nSPS) is 20.6. The number of nitrogens with zero attached hydrogens (tertiary/aromatic N) is 1. The van der Waals surface area contributed by atoms with Gasteiger partial charge < -0.3 is 14.4 Å². The molecule has 2 aromatic carbocycles. The van der Waals surface area contributed by atoms with E-state index in [2.05, 4.69) is 56.3 Å². The zero-order chi connectivity index (χ0) is 21.8. The van der Waals surface area contributed by atoms with Gasteiger partial charge in [0, 0.05) is 25.4 Å². The van der Waals surface area contributed by atoms with Crippen molar-refractivity contribution in [1.29, 1.82) is 0 Å². The molecule has 0 bridgehead atoms. The van der Waals surface area contributed by atoms with Crippen LogP contribution in [0.4, 0.5) is 0 Å². The fourth-order valence-corrected chi connectivity index (χ4v) is 4.70. The number of methoxy groups -OCH3 is 1. The largest absolute Gasteiger partial charge is 0.496 e. The number of ether oxygens (including phenoxy) is 2. The highest BCUT2D eigenvalue weighted by Gasteiger charge is 2.42. The van der Waals surface area contributed by atoms with Crippen LogP contribution in [-0.4, -0.2) is 37.7 Å². The van der Waals surface area contributed by atoms with Crippen molar-refractivity contribution < 1.29 is 14.3 Å². The summed E-state index contributed by atoms with van der Waals surface area (Å²) in [6.07, 6.45) is 1.93. The van der Waals surface area contributed by atoms with E-state index in [0.717, 1.165) is 36.3 Å². The first-order valence-electron chi connectivity index (χ1n) is 10.8. The number of hydrogen-bond acceptors (Lipinski definition) is 3. The van der Waals surface area contributed by atoms with Gasteiger partial charge in [-0.2, -0.15) is 0 Å². The minimum absolute atomic E-state index is 0.0817. The Morgan fingerprint density at radius 3 is 2.50 bits per heavy atom. The Morgan fingerprint density at radius 1 is 1.13 bits per heavy atom. The minimum atomic E-state index is -0.0817. The highest BCUT2D eigenvalue weighted by Crippen LogP contribution is 2.44. The number of carbonyl (C=O) groups excluding carboxylic acids is 1. The van der Waals surface area contributed by atoms with Gasteiger partial charge in [0.2, 0.25) is 5.91 Å². The first-order chi connectivity index (χ1) is 14.2. The number of hydrogen-bond donors (Lipinski definition) is 0. The van der Waals surface area contributed by atoms with E-state index in [1.807, 2.05) is 17.9 Å². The molecule has 1 amide bonds. The van der Waals surface area contributed by atoms with Gasteiger partial charge >= 0.3 is 0 Å². The van der Waals surface area contributed by atoms with Gasteiger partial charge in [0.05, 0.1) is 20.3 Å². The van der Waals surface area contributed by atoms with Crippen molar-refractivity contribution in [3.05, 3.63) is 65.2 Å². The second-order valence-corrected chi connectivity index (χ2v) is 9.47. The van der Waals surface area contributed by atoms with Crippen LogP contribution in [0.3, 0.4) is 0 Å². The van der Waals surface area contributed by atoms with Gasteiger partial charge in [0.1, 0.15) is 5.75 Å². The molecule has 1 unspecified atom stereocenters. The van der Waals surface area contributed by atoms with Crippen LogP contribution in [0.5, 0.6) is 5.75 Å². The third kappa shape index (κ3) is 5.23. The van der Waals surface area contributed by atoms with E-state index >= 15 is 0 Å². The van der Waals surface area contributed by atoms with Crippen molar-refractivity contribution in [2.75, 3.05) is 26.9 Å². The monoisotopic (exact) mass is 409 g/mol. The van der Waals surface area contributed by atoms with E-state index in [4.69, 9.17) is 9.47 Å². The molecule has 4 heteroatoms. The fourth-order valence-electron chi connectivity index (χ4n) is 4.70. The molecule has 0 aromatic heterocycles. The Morgan fingerprint density at radius 2 is 1.87 bits per heavy atom. The molecule has 1 fully saturated rings. The highest BCUT2D eigenvalue weighted by molar-refractivity contribution is 5.73. The van der Waals surface area contributed by atoms with Crippen LogP contribution < -0.4 is 4.74 Å². The lowest BCUT2D eigenvalue weighted by Crippen LogP contribution is -2.46. The molecule has 0 spiro atoms. The Kier molecular flexibility index (Phi) is 6.87. The molecule has 162 valence electrons. The molecule has 2 aromatic rings. The van der Waals surface area contributed by atoms with Crippen LogP contribution in [-0.2, 0) is 21.5 Å². The number of carbonyl (C=O) groups is 1. The van der Waals surface area contributed by atoms with Crippen molar-refractivity contribution in [3.8, 4) is 5.75 Å². The summed E-state index contributed by atoms with van der Waals surface area (Å²) in [6, 6.07) is 16.8. The number of amides is 1. The smallest absolute Gasteiger partial charge is 0.219 e. The molecule has 1 atom stereocenters. The van der Waals surface area contributed by atoms with E-state index in [0.29, 0.717) is 19.7 Å². The Balaban J connectivity index is 1.81. The highest BCUT2D eigenvalue weighted by atomic mass is 16.5. The van der Waals surface area contributed by atoms with Crippen molar-refractivity contribution >= 4 is 5.91 Å². The van der Waals surface area contributed by atoms with Crippen LogP contribution in [0.15, 0.2) is 48.5 Å². The molecular weight excluding hydrogens is 374 g/mol. The van der Waals surface area contributed by atoms with Gasteiger partial charge in [-0.15, -0.1) is 0 Å². The van der Waals surface area contributed by atoms with Crippen LogP contribution in [0, 0.1) is 12.3 Å². The van der Waals surface area contributed by atoms with Crippen molar-refractivity contribution in [1.82, 2.24) is 4.90 Å². The Labute approximate surface area is 181 Å². The average molecular weight is 410 g/mol. The standard InChI is InChI=1S/C26H35NO3/c1-20-11-12-22(15-24(20)29-5)16-27(21(2)28)14-13-26(23-9-7-6-8-10-23)17-25(3,4)18-30-19-26/h6-12,15H,13-14,16-19H2,1-5H3. The second kappa shape index (κ2) is 9.22. The fraction of sp³-hybridized carbons (Fsp3) is 0.500. The van der Waals surface area contributed by atoms with Gasteiger partial charge in [-0.1, -0.05) is 56.3 Å². The summed E-state index contributed by atoms with van der Waals surface area (Å²) in [7, 11) is 1.68. The molecule has 0 saturated carbocycles. The van der Waals surface area contributed by atoms with E-state index < -0.39 is 0 Å². The number of benzene rings is 2. The Bertz CT molecular complexity index is 862. The molecule has 0 radical (unpaired) electrons. The van der Waals surface area contributed by atoms with E-state index in [9.17, 15) is 4.79 Å². The number of aryl methyl sites for hydroxylation is 1. The average Bonchev–Trinajstić information content (AvgIpc) is 2.72. The predicted molar refractivity (Wildman–Crippen MR) is 121 cm³/mol. The first-order valence-corrected chi connectivity index (χ1v) is 10.8. The molecule has 0 aliphatic carbocycles. The molecular formula is C26H35NO3. The van der Waals surface area contributed by atoms with Crippen LogP contribution in [0.1, 0.15) is 50.3 Å². The summed E-state index contributed by atoms with van der Waals surface area (Å²) in [5, 5.41) is 0. The summed E-state index contributed by atoms with van der Waals surface area (Å²) < 4.78 is 11.5. The number of rotatable bonds is 7. The summed E-state index contributed by atoms with van der Waals surface area (Å²) in [5.74, 6) is 0.952. The maximum Gasteiger partial charge on any atom is 0.219 e. The van der Waals surface area contributed by atoms with E-state index in [1.54, 1.807) is 14.0 Å². The minimum Gasteiger partial charge on any atom is -0.496 e. The van der Waals surface area contributed by atoms with E-state index in [-0.39, 0.29) is 16.7 Å². The SMILES string of the molecule is COc1cc(CN(CCC2(c3ccccc3)COCC(C)(C)C2)C(C)=O)ccc1C. The van der Waals surface area contributed by atoms with Gasteiger partial charge in [-0.25, -0.2) is 0 Å². The summed E-state index contributed by atoms with van der Waals surface area (Å²) in [6.45, 7) is 11.0. The molecule has 1 aliphatic heterocycles. The molecule has 30 heavy (non-hydrogen) atoms. The van der Waals surface area contributed by atoms with Crippen LogP contribution in [0.25, 0.3) is 0 Å². The van der Waals surface area contributed by atoms with Crippen molar-refractivity contribution in [2.45, 2.75) is 52.5 Å². The molecule has 3 rings (SSSR count). The summed E-state index contributed by atoms with van der Waals surface area (Å²) in [4.78, 5) is 14.4. The summed E-state index contributed by atoms with van der Waals surface area (Å²) >= 11 is 0. The van der Waals surface area contributed by atoms with Gasteiger partial charge in [0.15, 0.2) is 0 Å². The molecule has 4 nitrogen and oxygen atoms in total. The second-order valence-electron chi connectivity index (χ2n) is 9.47. The third-order valence-corrected chi connectivity index (χ3v) is 6.23. The first kappa shape index (κ1) is 22.4. The van der Waals surface area contributed by atoms with E-state index in [1.165, 1.54) is 5.56 Å². The van der Waals surface area contributed by atoms with Crippen molar-refractivity contribution in [2.24, 2.45) is 5.41 Å².